The molecule has 2 atom stereocenters. The third-order valence-corrected chi connectivity index (χ3v) is 5.65. The Hall–Kier alpha value is -2.50. The number of nitrogens with one attached hydrogen (secondary N) is 2. The van der Waals surface area contributed by atoms with Gasteiger partial charge in [0, 0.05) is 12.6 Å². The van der Waals surface area contributed by atoms with Crippen molar-refractivity contribution < 1.29 is 0 Å². The summed E-state index contributed by atoms with van der Waals surface area (Å²) < 4.78 is 0. The van der Waals surface area contributed by atoms with E-state index in [0.717, 1.165) is 18.1 Å². The topological polar surface area (TPSA) is 79.1 Å². The Balaban J connectivity index is 1.56. The number of fused-ring (bicyclic) bond motifs is 2. The van der Waals surface area contributed by atoms with Crippen LogP contribution in [0.4, 0.5) is 23.0 Å². The Bertz CT molecular complexity index is 790. The lowest BCUT2D eigenvalue weighted by atomic mass is 9.65. The van der Waals surface area contributed by atoms with Crippen molar-refractivity contribution >= 4 is 23.0 Å². The molecule has 2 aromatic rings. The number of hydrazine groups is 1. The number of nitrogens with zero attached hydrogens (tertiary/aromatic N) is 3. The molecular formula is C20H28N6. The summed E-state index contributed by atoms with van der Waals surface area (Å²) in [6.07, 6.45) is 5.23. The van der Waals surface area contributed by atoms with Crippen LogP contribution in [0.2, 0.25) is 0 Å². The molecule has 0 radical (unpaired) electrons. The normalized spacial score (nSPS) is 26.6. The van der Waals surface area contributed by atoms with E-state index in [-0.39, 0.29) is 0 Å². The minimum atomic E-state index is 0.333. The summed E-state index contributed by atoms with van der Waals surface area (Å²) in [7, 11) is 0. The van der Waals surface area contributed by atoms with Crippen molar-refractivity contribution in [2.45, 2.75) is 46.1 Å². The second-order valence-corrected chi connectivity index (χ2v) is 8.92. The number of para-hydroxylation sites is 1. The van der Waals surface area contributed by atoms with Gasteiger partial charge in [-0.15, -0.1) is 0 Å². The molecule has 2 bridgehead atoms. The van der Waals surface area contributed by atoms with Crippen molar-refractivity contribution in [3.63, 3.8) is 0 Å². The molecule has 4 N–H and O–H groups in total. The molecule has 2 unspecified atom stereocenters. The van der Waals surface area contributed by atoms with E-state index >= 15 is 0 Å². The van der Waals surface area contributed by atoms with Crippen LogP contribution in [-0.4, -0.2) is 22.6 Å². The predicted molar refractivity (Wildman–Crippen MR) is 107 cm³/mol. The maximum absolute atomic E-state index is 6.45. The van der Waals surface area contributed by atoms with Crippen LogP contribution in [-0.2, 0) is 0 Å². The highest BCUT2D eigenvalue weighted by molar-refractivity contribution is 5.76. The Kier molecular flexibility index (Phi) is 3.93. The molecular weight excluding hydrogens is 324 g/mol. The number of rotatable bonds is 4. The lowest BCUT2D eigenvalue weighted by Gasteiger charge is -2.39. The van der Waals surface area contributed by atoms with Gasteiger partial charge in [-0.3, -0.25) is 10.9 Å². The third kappa shape index (κ3) is 3.16. The van der Waals surface area contributed by atoms with Crippen LogP contribution < -0.4 is 21.5 Å². The van der Waals surface area contributed by atoms with E-state index in [2.05, 4.69) is 46.5 Å². The summed E-state index contributed by atoms with van der Waals surface area (Å²) in [5, 5.41) is 0. The highest BCUT2D eigenvalue weighted by Gasteiger charge is 2.50. The first-order chi connectivity index (χ1) is 12.4. The number of nitrogen functional groups attached to an aromatic ring is 1. The van der Waals surface area contributed by atoms with Gasteiger partial charge in [-0.05, 0) is 42.2 Å². The minimum absolute atomic E-state index is 0.333. The molecule has 2 heterocycles. The summed E-state index contributed by atoms with van der Waals surface area (Å²) in [5.74, 6) is 1.47. The van der Waals surface area contributed by atoms with Crippen LogP contribution in [0.3, 0.4) is 0 Å². The summed E-state index contributed by atoms with van der Waals surface area (Å²) in [6.45, 7) is 8.16. The van der Waals surface area contributed by atoms with Gasteiger partial charge in [0.25, 0.3) is 0 Å². The molecule has 6 nitrogen and oxygen atoms in total. The molecule has 1 aliphatic carbocycles. The van der Waals surface area contributed by atoms with Crippen molar-refractivity contribution in [3.05, 3.63) is 36.7 Å². The van der Waals surface area contributed by atoms with Gasteiger partial charge in [0.05, 0.1) is 5.69 Å². The van der Waals surface area contributed by atoms with Crippen molar-refractivity contribution in [3.8, 4) is 0 Å². The fraction of sp³-hybridized carbons (Fsp3) is 0.500. The van der Waals surface area contributed by atoms with Crippen LogP contribution in [0.15, 0.2) is 36.7 Å². The average molecular weight is 352 g/mol. The van der Waals surface area contributed by atoms with Crippen LogP contribution >= 0.6 is 0 Å². The van der Waals surface area contributed by atoms with Gasteiger partial charge in [0.15, 0.2) is 11.6 Å². The zero-order valence-electron chi connectivity index (χ0n) is 15.8. The Morgan fingerprint density at radius 1 is 1.08 bits per heavy atom. The van der Waals surface area contributed by atoms with Gasteiger partial charge in [-0.2, -0.15) is 0 Å². The van der Waals surface area contributed by atoms with Crippen molar-refractivity contribution in [2.24, 2.45) is 10.8 Å². The molecule has 1 aromatic heterocycles. The van der Waals surface area contributed by atoms with Crippen molar-refractivity contribution in [1.29, 1.82) is 0 Å². The van der Waals surface area contributed by atoms with E-state index in [9.17, 15) is 0 Å². The number of benzene rings is 1. The second kappa shape index (κ2) is 6.04. The molecule has 1 aliphatic heterocycles. The number of hydrogen-bond donors (Lipinski definition) is 3. The SMILES string of the molecule is CC1(C)CC2CC(C)(CN2c2ncnc(NNc3ccccc3)c2N)C1. The van der Waals surface area contributed by atoms with Crippen LogP contribution in [0, 0.1) is 10.8 Å². The van der Waals surface area contributed by atoms with E-state index in [1.807, 2.05) is 30.3 Å². The molecule has 0 amide bonds. The van der Waals surface area contributed by atoms with E-state index in [1.165, 1.54) is 19.3 Å². The van der Waals surface area contributed by atoms with Crippen LogP contribution in [0.1, 0.15) is 40.0 Å². The maximum Gasteiger partial charge on any atom is 0.173 e. The van der Waals surface area contributed by atoms with Gasteiger partial charge in [-0.25, -0.2) is 9.97 Å². The zero-order valence-corrected chi connectivity index (χ0v) is 15.8. The Morgan fingerprint density at radius 3 is 2.62 bits per heavy atom. The first kappa shape index (κ1) is 16.9. The Morgan fingerprint density at radius 2 is 1.85 bits per heavy atom. The zero-order chi connectivity index (χ0) is 18.4. The summed E-state index contributed by atoms with van der Waals surface area (Å²) >= 11 is 0. The highest BCUT2D eigenvalue weighted by Crippen LogP contribution is 2.53. The first-order valence-corrected chi connectivity index (χ1v) is 9.30. The smallest absolute Gasteiger partial charge is 0.173 e. The molecule has 2 fully saturated rings. The van der Waals surface area contributed by atoms with E-state index < -0.39 is 0 Å². The number of nitrogens with two attached hydrogens (primary N) is 1. The third-order valence-electron chi connectivity index (χ3n) is 5.65. The number of hydrogen-bond acceptors (Lipinski definition) is 6. The van der Waals surface area contributed by atoms with Crippen molar-refractivity contribution in [1.82, 2.24) is 9.97 Å². The van der Waals surface area contributed by atoms with Crippen LogP contribution in [0.25, 0.3) is 0 Å². The van der Waals surface area contributed by atoms with E-state index in [1.54, 1.807) is 6.33 Å². The number of anilines is 4. The largest absolute Gasteiger partial charge is 0.393 e. The van der Waals surface area contributed by atoms with Gasteiger partial charge >= 0.3 is 0 Å². The quantitative estimate of drug-likeness (QED) is 0.724. The van der Waals surface area contributed by atoms with Gasteiger partial charge in [0.1, 0.15) is 12.0 Å². The fourth-order valence-electron chi connectivity index (χ4n) is 5.08. The lowest BCUT2D eigenvalue weighted by Crippen LogP contribution is -2.35. The maximum atomic E-state index is 6.45. The van der Waals surface area contributed by atoms with E-state index in [4.69, 9.17) is 5.73 Å². The monoisotopic (exact) mass is 352 g/mol. The second-order valence-electron chi connectivity index (χ2n) is 8.92. The molecule has 2 aliphatic rings. The molecule has 138 valence electrons. The number of aromatic nitrogens is 2. The molecule has 0 spiro atoms. The lowest BCUT2D eigenvalue weighted by molar-refractivity contribution is 0.136. The van der Waals surface area contributed by atoms with E-state index in [0.29, 0.717) is 28.4 Å². The van der Waals surface area contributed by atoms with Crippen LogP contribution in [0.5, 0.6) is 0 Å². The summed E-state index contributed by atoms with van der Waals surface area (Å²) in [5.41, 5.74) is 15.0. The van der Waals surface area contributed by atoms with Crippen molar-refractivity contribution in [2.75, 3.05) is 28.0 Å². The molecule has 1 aromatic carbocycles. The highest BCUT2D eigenvalue weighted by atomic mass is 15.4. The standard InChI is InChI=1S/C20H28N6/c1-19(2)9-15-10-20(3,11-19)12-26(15)18-16(21)17(22-13-23-18)25-24-14-7-5-4-6-8-14/h4-8,13,15,24H,9-12,21H2,1-3H3,(H,22,23,25). The first-order valence-electron chi connectivity index (χ1n) is 9.30. The molecule has 1 saturated carbocycles. The molecule has 1 saturated heterocycles. The van der Waals surface area contributed by atoms with Gasteiger partial charge < -0.3 is 10.6 Å². The predicted octanol–water partition coefficient (Wildman–Crippen LogP) is 3.90. The molecule has 4 rings (SSSR count). The average Bonchev–Trinajstić information content (AvgIpc) is 2.83. The minimum Gasteiger partial charge on any atom is -0.393 e. The van der Waals surface area contributed by atoms with Gasteiger partial charge in [0.2, 0.25) is 0 Å². The van der Waals surface area contributed by atoms with Gasteiger partial charge in [-0.1, -0.05) is 39.0 Å². The molecule has 26 heavy (non-hydrogen) atoms. The fourth-order valence-corrected chi connectivity index (χ4v) is 5.08. The molecule has 6 heteroatoms. The Labute approximate surface area is 155 Å². The summed E-state index contributed by atoms with van der Waals surface area (Å²) in [6, 6.07) is 10.4. The summed E-state index contributed by atoms with van der Waals surface area (Å²) in [4.78, 5) is 11.3.